The van der Waals surface area contributed by atoms with Crippen molar-refractivity contribution in [2.75, 3.05) is 30.3 Å². The first-order valence-corrected chi connectivity index (χ1v) is 5.80. The molecule has 1 fully saturated rings. The van der Waals surface area contributed by atoms with Gasteiger partial charge in [-0.3, -0.25) is 4.79 Å². The molecule has 1 aliphatic rings. The van der Waals surface area contributed by atoms with Gasteiger partial charge in [0, 0.05) is 25.7 Å². The molecule has 0 atom stereocenters. The lowest BCUT2D eigenvalue weighted by atomic mass is 9.99. The number of hydrogen-bond donors (Lipinski definition) is 2. The summed E-state index contributed by atoms with van der Waals surface area (Å²) in [4.78, 5) is 21.3. The van der Waals surface area contributed by atoms with Crippen molar-refractivity contribution in [3.63, 3.8) is 0 Å². The Kier molecular flexibility index (Phi) is 3.33. The van der Waals surface area contributed by atoms with Gasteiger partial charge in [-0.1, -0.05) is 11.6 Å². The van der Waals surface area contributed by atoms with Crippen molar-refractivity contribution >= 4 is 29.3 Å². The summed E-state index contributed by atoms with van der Waals surface area (Å²) in [5.41, 5.74) is 5.51. The Balaban J connectivity index is 1.97. The fourth-order valence-electron chi connectivity index (χ4n) is 1.73. The maximum Gasteiger partial charge on any atom is 0.226 e. The predicted molar refractivity (Wildman–Crippen MR) is 65.8 cm³/mol. The minimum Gasteiger partial charge on any atom is -0.368 e. The molecule has 2 heterocycles. The molecule has 2 rings (SSSR count). The van der Waals surface area contributed by atoms with E-state index in [1.54, 1.807) is 6.07 Å². The van der Waals surface area contributed by atoms with Crippen LogP contribution in [0, 0.1) is 5.92 Å². The number of aromatic nitrogens is 2. The molecule has 92 valence electrons. The lowest BCUT2D eigenvalue weighted by Crippen LogP contribution is -2.54. The van der Waals surface area contributed by atoms with E-state index in [1.807, 2.05) is 11.8 Å². The van der Waals surface area contributed by atoms with Crippen molar-refractivity contribution in [2.24, 2.45) is 5.92 Å². The van der Waals surface area contributed by atoms with Crippen molar-refractivity contribution in [2.45, 2.75) is 6.92 Å². The summed E-state index contributed by atoms with van der Waals surface area (Å²) in [6.07, 6.45) is 0. The molecular formula is C10H14ClN5O. The molecule has 3 N–H and O–H groups in total. The third kappa shape index (κ3) is 2.58. The highest BCUT2D eigenvalue weighted by atomic mass is 35.5. The number of carbonyl (C=O) groups is 1. The predicted octanol–water partition coefficient (Wildman–Crippen LogP) is 0.284. The van der Waals surface area contributed by atoms with Crippen LogP contribution in [0.4, 0.5) is 11.8 Å². The number of halogens is 1. The summed E-state index contributed by atoms with van der Waals surface area (Å²) < 4.78 is 0. The Labute approximate surface area is 104 Å². The number of nitrogen functional groups attached to an aromatic ring is 1. The monoisotopic (exact) mass is 255 g/mol. The quantitative estimate of drug-likeness (QED) is 0.758. The van der Waals surface area contributed by atoms with Gasteiger partial charge in [0.1, 0.15) is 11.0 Å². The topological polar surface area (TPSA) is 84.1 Å². The highest BCUT2D eigenvalue weighted by molar-refractivity contribution is 6.29. The number of amides is 1. The Hall–Kier alpha value is -1.56. The zero-order valence-corrected chi connectivity index (χ0v) is 10.2. The molecule has 0 saturated carbocycles. The molecule has 0 spiro atoms. The van der Waals surface area contributed by atoms with E-state index in [1.165, 1.54) is 0 Å². The summed E-state index contributed by atoms with van der Waals surface area (Å²) >= 11 is 5.79. The number of nitrogens with one attached hydrogen (secondary N) is 1. The minimum atomic E-state index is 0.0184. The molecule has 6 nitrogen and oxygen atoms in total. The Bertz CT molecular complexity index is 412. The van der Waals surface area contributed by atoms with Gasteiger partial charge in [-0.25, -0.2) is 4.98 Å². The number of hydrogen-bond acceptors (Lipinski definition) is 5. The van der Waals surface area contributed by atoms with Crippen molar-refractivity contribution in [3.8, 4) is 0 Å². The molecule has 1 aromatic rings. The van der Waals surface area contributed by atoms with E-state index in [0.717, 1.165) is 0 Å². The third-order valence-electron chi connectivity index (χ3n) is 2.63. The highest BCUT2D eigenvalue weighted by Gasteiger charge is 2.33. The van der Waals surface area contributed by atoms with E-state index >= 15 is 0 Å². The average Bonchev–Trinajstić information content (AvgIpc) is 2.13. The van der Waals surface area contributed by atoms with E-state index in [-0.39, 0.29) is 17.8 Å². The maximum atomic E-state index is 11.5. The van der Waals surface area contributed by atoms with Gasteiger partial charge in [-0.2, -0.15) is 4.98 Å². The fraction of sp³-hybridized carbons (Fsp3) is 0.500. The van der Waals surface area contributed by atoms with E-state index in [2.05, 4.69) is 15.3 Å². The minimum absolute atomic E-state index is 0.0184. The van der Waals surface area contributed by atoms with Crippen LogP contribution >= 0.6 is 11.6 Å². The SMILES string of the molecule is CCNC(=O)C1CN(c2cc(Cl)nc(N)n2)C1. The van der Waals surface area contributed by atoms with Crippen molar-refractivity contribution in [1.82, 2.24) is 15.3 Å². The average molecular weight is 256 g/mol. The number of nitrogens with two attached hydrogens (primary N) is 1. The fourth-order valence-corrected chi connectivity index (χ4v) is 1.92. The van der Waals surface area contributed by atoms with Gasteiger partial charge in [-0.15, -0.1) is 0 Å². The molecule has 0 aliphatic carbocycles. The molecule has 17 heavy (non-hydrogen) atoms. The second-order valence-electron chi connectivity index (χ2n) is 3.90. The number of nitrogens with zero attached hydrogens (tertiary/aromatic N) is 3. The van der Waals surface area contributed by atoms with Crippen LogP contribution < -0.4 is 16.0 Å². The smallest absolute Gasteiger partial charge is 0.226 e. The zero-order valence-electron chi connectivity index (χ0n) is 9.48. The van der Waals surface area contributed by atoms with Crippen molar-refractivity contribution in [3.05, 3.63) is 11.2 Å². The van der Waals surface area contributed by atoms with Crippen LogP contribution in [0.15, 0.2) is 6.07 Å². The first-order chi connectivity index (χ1) is 8.10. The first kappa shape index (κ1) is 11.9. The summed E-state index contributed by atoms with van der Waals surface area (Å²) in [6.45, 7) is 3.83. The van der Waals surface area contributed by atoms with Crippen LogP contribution in [0.1, 0.15) is 6.92 Å². The summed E-state index contributed by atoms with van der Waals surface area (Å²) in [5, 5.41) is 3.11. The van der Waals surface area contributed by atoms with E-state index in [0.29, 0.717) is 30.6 Å². The highest BCUT2D eigenvalue weighted by Crippen LogP contribution is 2.25. The van der Waals surface area contributed by atoms with E-state index < -0.39 is 0 Å². The number of rotatable bonds is 3. The van der Waals surface area contributed by atoms with Crippen molar-refractivity contribution in [1.29, 1.82) is 0 Å². The molecule has 1 saturated heterocycles. The van der Waals surface area contributed by atoms with Gasteiger partial charge < -0.3 is 16.0 Å². The molecule has 0 aromatic carbocycles. The standard InChI is InChI=1S/C10H14ClN5O/c1-2-13-9(17)6-4-16(5-6)8-3-7(11)14-10(12)15-8/h3,6H,2,4-5H2,1H3,(H,13,17)(H2,12,14,15). The van der Waals surface area contributed by atoms with Crippen molar-refractivity contribution < 1.29 is 4.79 Å². The molecule has 1 aromatic heterocycles. The Morgan fingerprint density at radius 2 is 2.35 bits per heavy atom. The van der Waals surface area contributed by atoms with Crippen LogP contribution in [-0.4, -0.2) is 35.5 Å². The largest absolute Gasteiger partial charge is 0.368 e. The molecular weight excluding hydrogens is 242 g/mol. The van der Waals surface area contributed by atoms with E-state index in [9.17, 15) is 4.79 Å². The Morgan fingerprint density at radius 3 is 2.94 bits per heavy atom. The molecule has 1 aliphatic heterocycles. The lowest BCUT2D eigenvalue weighted by molar-refractivity contribution is -0.125. The van der Waals surface area contributed by atoms with Gasteiger partial charge >= 0.3 is 0 Å². The number of anilines is 2. The second-order valence-corrected chi connectivity index (χ2v) is 4.29. The van der Waals surface area contributed by atoms with Crippen LogP contribution in [0.25, 0.3) is 0 Å². The van der Waals surface area contributed by atoms with E-state index in [4.69, 9.17) is 17.3 Å². The Morgan fingerprint density at radius 1 is 1.65 bits per heavy atom. The molecule has 1 amide bonds. The maximum absolute atomic E-state index is 11.5. The molecule has 7 heteroatoms. The van der Waals surface area contributed by atoms with Gasteiger partial charge in [0.25, 0.3) is 0 Å². The summed E-state index contributed by atoms with van der Waals surface area (Å²) in [5.74, 6) is 0.916. The van der Waals surface area contributed by atoms with Gasteiger partial charge in [0.15, 0.2) is 0 Å². The van der Waals surface area contributed by atoms with Gasteiger partial charge in [-0.05, 0) is 6.92 Å². The molecule has 0 bridgehead atoms. The summed E-state index contributed by atoms with van der Waals surface area (Å²) in [6, 6.07) is 1.64. The first-order valence-electron chi connectivity index (χ1n) is 5.43. The van der Waals surface area contributed by atoms with Gasteiger partial charge in [0.05, 0.1) is 5.92 Å². The number of carbonyl (C=O) groups excluding carboxylic acids is 1. The van der Waals surface area contributed by atoms with Crippen LogP contribution in [0.3, 0.4) is 0 Å². The molecule has 0 radical (unpaired) electrons. The second kappa shape index (κ2) is 4.75. The van der Waals surface area contributed by atoms with Crippen LogP contribution in [0.5, 0.6) is 0 Å². The normalized spacial score (nSPS) is 15.5. The van der Waals surface area contributed by atoms with Gasteiger partial charge in [0.2, 0.25) is 11.9 Å². The van der Waals surface area contributed by atoms with Crippen LogP contribution in [-0.2, 0) is 4.79 Å². The zero-order chi connectivity index (χ0) is 12.4. The summed E-state index contributed by atoms with van der Waals surface area (Å²) in [7, 11) is 0. The molecule has 0 unspecified atom stereocenters. The lowest BCUT2D eigenvalue weighted by Gasteiger charge is -2.39. The van der Waals surface area contributed by atoms with Crippen LogP contribution in [0.2, 0.25) is 5.15 Å². The third-order valence-corrected chi connectivity index (χ3v) is 2.82.